The molecule has 3 heterocycles. The van der Waals surface area contributed by atoms with Crippen molar-refractivity contribution in [1.29, 1.82) is 0 Å². The van der Waals surface area contributed by atoms with Crippen LogP contribution < -0.4 is 10.6 Å². The summed E-state index contributed by atoms with van der Waals surface area (Å²) in [6, 6.07) is 1.63. The van der Waals surface area contributed by atoms with E-state index in [9.17, 15) is 22.4 Å². The van der Waals surface area contributed by atoms with E-state index in [1.165, 1.54) is 6.20 Å². The van der Waals surface area contributed by atoms with Gasteiger partial charge >= 0.3 is 6.18 Å². The number of aromatic amines is 1. The Labute approximate surface area is 158 Å². The topological polar surface area (TPSA) is 95.6 Å². The number of nitrogens with zero attached hydrogens (tertiary/aromatic N) is 3. The van der Waals surface area contributed by atoms with Gasteiger partial charge in [0.05, 0.1) is 17.8 Å². The molecule has 3 N–H and O–H groups in total. The Bertz CT molecular complexity index is 1000. The first-order valence-electron chi connectivity index (χ1n) is 7.46. The molecular weight excluding hydrogens is 392 g/mol. The Hall–Kier alpha value is -2.95. The van der Waals surface area contributed by atoms with E-state index in [0.29, 0.717) is 21.6 Å². The number of pyridine rings is 1. The van der Waals surface area contributed by atoms with Crippen molar-refractivity contribution in [2.75, 3.05) is 18.4 Å². The fraction of sp³-hybridized carbons (Fsp3) is 0.200. The Kier molecular flexibility index (Phi) is 5.13. The van der Waals surface area contributed by atoms with Gasteiger partial charge in [0.1, 0.15) is 12.2 Å². The van der Waals surface area contributed by atoms with Crippen molar-refractivity contribution in [3.05, 3.63) is 35.5 Å². The molecule has 3 aromatic heterocycles. The summed E-state index contributed by atoms with van der Waals surface area (Å²) in [7, 11) is 0. The molecule has 0 radical (unpaired) electrons. The highest BCUT2D eigenvalue weighted by molar-refractivity contribution is 6.31. The van der Waals surface area contributed by atoms with Gasteiger partial charge in [-0.3, -0.25) is 4.79 Å². The quantitative estimate of drug-likeness (QED) is 0.560. The van der Waals surface area contributed by atoms with Crippen LogP contribution >= 0.6 is 11.6 Å². The highest BCUT2D eigenvalue weighted by Crippen LogP contribution is 2.28. The molecule has 3 aromatic rings. The van der Waals surface area contributed by atoms with E-state index in [1.807, 2.05) is 0 Å². The molecule has 0 aliphatic rings. The molecule has 0 fully saturated rings. The van der Waals surface area contributed by atoms with Crippen molar-refractivity contribution in [1.82, 2.24) is 25.3 Å². The molecule has 1 amide bonds. The van der Waals surface area contributed by atoms with Crippen LogP contribution in [0.25, 0.3) is 22.4 Å². The lowest BCUT2D eigenvalue weighted by atomic mass is 10.2. The molecule has 12 heteroatoms. The molecule has 3 rings (SSSR count). The molecule has 0 bridgehead atoms. The first-order valence-corrected chi connectivity index (χ1v) is 7.83. The second kappa shape index (κ2) is 7.35. The maximum Gasteiger partial charge on any atom is 0.405 e. The minimum Gasteiger partial charge on any atom is -0.358 e. The Morgan fingerprint density at radius 1 is 1.30 bits per heavy atom. The van der Waals surface area contributed by atoms with Crippen LogP contribution in [0.3, 0.4) is 0 Å². The average molecular weight is 409 g/mol. The lowest BCUT2D eigenvalue weighted by Crippen LogP contribution is -2.37. The van der Waals surface area contributed by atoms with Crippen molar-refractivity contribution in [2.24, 2.45) is 0 Å². The largest absolute Gasteiger partial charge is 0.405 e. The molecule has 0 aliphatic heterocycles. The number of amides is 1. The summed E-state index contributed by atoms with van der Waals surface area (Å²) in [6.07, 6.45) is -0.647. The molecule has 27 heavy (non-hydrogen) atoms. The highest BCUT2D eigenvalue weighted by atomic mass is 35.5. The van der Waals surface area contributed by atoms with Crippen LogP contribution in [0.2, 0.25) is 5.02 Å². The number of hydrogen-bond acceptors (Lipinski definition) is 5. The summed E-state index contributed by atoms with van der Waals surface area (Å²) in [6.45, 7) is -2.07. The summed E-state index contributed by atoms with van der Waals surface area (Å²) in [4.78, 5) is 26.3. The van der Waals surface area contributed by atoms with Crippen LogP contribution in [0.5, 0.6) is 0 Å². The lowest BCUT2D eigenvalue weighted by molar-refractivity contribution is -0.137. The van der Waals surface area contributed by atoms with Crippen LogP contribution in [0, 0.1) is 5.82 Å². The predicted molar refractivity (Wildman–Crippen MR) is 96.0 cm³/mol. The molecule has 0 saturated heterocycles. The van der Waals surface area contributed by atoms with E-state index in [4.69, 9.17) is 11.6 Å². The fourth-order valence-electron chi connectivity index (χ4n) is 2.21. The zero-order valence-corrected chi connectivity index (χ0v) is 14.1. The van der Waals surface area contributed by atoms with Gasteiger partial charge in [0.25, 0.3) is 0 Å². The molecule has 148 valence electrons. The number of carbonyl (C=O) groups excluding carboxylic acids is 1. The number of rotatable bonds is 5. The van der Waals surface area contributed by atoms with Crippen LogP contribution in [0.15, 0.2) is 24.7 Å². The first-order chi connectivity index (χ1) is 12.7. The zero-order valence-electron chi connectivity index (χ0n) is 13.4. The number of halogens is 5. The second-order valence-electron chi connectivity index (χ2n) is 5.39. The fourth-order valence-corrected chi connectivity index (χ4v) is 2.37. The number of alkyl halides is 3. The van der Waals surface area contributed by atoms with Gasteiger partial charge in [-0.15, -0.1) is 0 Å². The van der Waals surface area contributed by atoms with Crippen molar-refractivity contribution >= 4 is 34.4 Å². The molecule has 0 aliphatic carbocycles. The van der Waals surface area contributed by atoms with Gasteiger partial charge in [0.15, 0.2) is 17.5 Å². The zero-order chi connectivity index (χ0) is 19.6. The maximum atomic E-state index is 13.9. The van der Waals surface area contributed by atoms with Gasteiger partial charge in [-0.05, 0) is 6.07 Å². The number of carbonyl (C=O) groups is 1. The third kappa shape index (κ3) is 4.61. The van der Waals surface area contributed by atoms with Crippen molar-refractivity contribution in [2.45, 2.75) is 6.18 Å². The lowest BCUT2D eigenvalue weighted by Gasteiger charge is -2.10. The van der Waals surface area contributed by atoms with Crippen LogP contribution in [0.4, 0.5) is 23.4 Å². The summed E-state index contributed by atoms with van der Waals surface area (Å²) in [5.41, 5.74) is 1.01. The van der Waals surface area contributed by atoms with Gasteiger partial charge in [-0.25, -0.2) is 19.3 Å². The van der Waals surface area contributed by atoms with Crippen LogP contribution in [0.1, 0.15) is 4.28 Å². The van der Waals surface area contributed by atoms with E-state index < -0.39 is 31.0 Å². The molecule has 0 saturated carbocycles. The van der Waals surface area contributed by atoms with E-state index in [1.54, 1.807) is 17.6 Å². The van der Waals surface area contributed by atoms with E-state index in [-0.39, 0.29) is 15.9 Å². The number of hydrogen-bond donors (Lipinski definition) is 3. The van der Waals surface area contributed by atoms with Gasteiger partial charge in [-0.2, -0.15) is 13.2 Å². The Balaban J connectivity index is 0.00000280. The standard InChI is InChI=1S/C15H11ClF4N6O.3H2/c16-7-1-8-9(3-22-12(8)21-2-7)13-23-4-10(17)14(26-13)24-5-11(27)25-6-15(18,19)20;;;/h1-4H,5-6H2,(H,21,22)(H,25,27)(H,23,24,26);3*1H. The van der Waals surface area contributed by atoms with Gasteiger partial charge in [0, 0.05) is 27.6 Å². The molecule has 0 aromatic carbocycles. The molecule has 7 nitrogen and oxygen atoms in total. The molecule has 0 unspecified atom stereocenters. The third-order valence-electron chi connectivity index (χ3n) is 3.39. The number of aromatic nitrogens is 4. The van der Waals surface area contributed by atoms with Gasteiger partial charge < -0.3 is 15.6 Å². The van der Waals surface area contributed by atoms with Gasteiger partial charge in [-0.1, -0.05) is 11.6 Å². The molecular formula is C15H17ClF4N6O. The monoisotopic (exact) mass is 408 g/mol. The summed E-state index contributed by atoms with van der Waals surface area (Å²) in [5, 5.41) is 5.00. The smallest absolute Gasteiger partial charge is 0.358 e. The van der Waals surface area contributed by atoms with Crippen molar-refractivity contribution in [3.63, 3.8) is 0 Å². The summed E-state index contributed by atoms with van der Waals surface area (Å²) < 4.78 is 50.1. The Morgan fingerprint density at radius 3 is 2.81 bits per heavy atom. The summed E-state index contributed by atoms with van der Waals surface area (Å²) in [5.74, 6) is -2.04. The SMILES string of the molecule is O=C(CNc1nc(-c2c[nH]c3ncc(Cl)cc23)ncc1F)NCC(F)(F)F.[HH].[HH].[HH]. The average Bonchev–Trinajstić information content (AvgIpc) is 3.01. The third-order valence-corrected chi connectivity index (χ3v) is 3.59. The maximum absolute atomic E-state index is 13.9. The van der Waals surface area contributed by atoms with Gasteiger partial charge in [0.2, 0.25) is 5.91 Å². The number of fused-ring (bicyclic) bond motifs is 1. The Morgan fingerprint density at radius 2 is 2.07 bits per heavy atom. The molecule has 0 spiro atoms. The van der Waals surface area contributed by atoms with E-state index in [0.717, 1.165) is 6.20 Å². The van der Waals surface area contributed by atoms with Crippen LogP contribution in [-0.2, 0) is 4.79 Å². The van der Waals surface area contributed by atoms with Crippen LogP contribution in [-0.4, -0.2) is 45.1 Å². The van der Waals surface area contributed by atoms with E-state index >= 15 is 0 Å². The number of H-pyrrole nitrogens is 1. The number of anilines is 1. The van der Waals surface area contributed by atoms with E-state index in [2.05, 4.69) is 25.3 Å². The normalized spacial score (nSPS) is 11.6. The van der Waals surface area contributed by atoms with Crippen molar-refractivity contribution < 1.29 is 26.6 Å². The highest BCUT2D eigenvalue weighted by Gasteiger charge is 2.27. The minimum atomic E-state index is -4.53. The first kappa shape index (κ1) is 18.8. The summed E-state index contributed by atoms with van der Waals surface area (Å²) >= 11 is 5.92. The van der Waals surface area contributed by atoms with Crippen molar-refractivity contribution in [3.8, 4) is 11.4 Å². The second-order valence-corrected chi connectivity index (χ2v) is 5.82. The molecule has 0 atom stereocenters. The predicted octanol–water partition coefficient (Wildman–Crippen LogP) is 3.64. The number of nitrogens with one attached hydrogen (secondary N) is 3. The minimum absolute atomic E-state index is 0.